The molecule has 0 aromatic carbocycles. The van der Waals surface area contributed by atoms with Gasteiger partial charge in [0.15, 0.2) is 0 Å². The van der Waals surface area contributed by atoms with Crippen molar-refractivity contribution < 1.29 is 9.90 Å². The molecule has 0 saturated heterocycles. The van der Waals surface area contributed by atoms with Crippen LogP contribution in [0.4, 0.5) is 0 Å². The monoisotopic (exact) mass is 122 g/mol. The minimum Gasteiger partial charge on any atom is -0.480 e. The minimum absolute atomic E-state index is 0.190. The highest BCUT2D eigenvalue weighted by Crippen LogP contribution is 1.80. The smallest absolute Gasteiger partial charge is 0.321 e. The summed E-state index contributed by atoms with van der Waals surface area (Å²) in [6.45, 7) is 0. The van der Waals surface area contributed by atoms with E-state index in [4.69, 9.17) is 10.8 Å². The predicted octanol–water partition coefficient (Wildman–Crippen LogP) is -0.672. The van der Waals surface area contributed by atoms with Crippen molar-refractivity contribution in [1.82, 2.24) is 0 Å². The van der Waals surface area contributed by atoms with Crippen molar-refractivity contribution in [3.05, 3.63) is 0 Å². The molecule has 0 aromatic heterocycles. The Morgan fingerprint density at radius 3 is 2.43 bits per heavy atom. The molecule has 0 aromatic rings. The van der Waals surface area contributed by atoms with Gasteiger partial charge in [-0.1, -0.05) is 0 Å². The van der Waals surface area contributed by atoms with Crippen LogP contribution in [0.25, 0.3) is 0 Å². The van der Waals surface area contributed by atoms with Crippen molar-refractivity contribution in [3.63, 3.8) is 0 Å². The van der Waals surface area contributed by atoms with E-state index < -0.39 is 12.0 Å². The summed E-state index contributed by atoms with van der Waals surface area (Å²) < 4.78 is 0. The maximum absolute atomic E-state index is 9.76. The van der Waals surface area contributed by atoms with E-state index in [1.165, 1.54) is 0 Å². The van der Waals surface area contributed by atoms with Crippen molar-refractivity contribution in [2.45, 2.75) is 6.04 Å². The van der Waals surface area contributed by atoms with E-state index in [2.05, 4.69) is 12.6 Å². The summed E-state index contributed by atoms with van der Waals surface area (Å²) in [6, 6.07) is -0.816. The van der Waals surface area contributed by atoms with Gasteiger partial charge in [-0.2, -0.15) is 12.6 Å². The number of hydrogen-bond acceptors (Lipinski definition) is 3. The summed E-state index contributed by atoms with van der Waals surface area (Å²) in [5.74, 6) is -0.815. The quantitative estimate of drug-likeness (QED) is 0.336. The molecular weight excluding hydrogens is 115 g/mol. The van der Waals surface area contributed by atoms with Crippen LogP contribution in [0.3, 0.4) is 0 Å². The normalized spacial score (nSPS) is 13.4. The molecule has 0 radical (unpaired) electrons. The second-order valence-electron chi connectivity index (χ2n) is 1.13. The predicted molar refractivity (Wildman–Crippen MR) is 29.5 cm³/mol. The molecule has 1 atom stereocenters. The van der Waals surface area contributed by atoms with Gasteiger partial charge in [0.25, 0.3) is 0 Å². The number of carbonyl (C=O) groups is 1. The van der Waals surface area contributed by atoms with Gasteiger partial charge in [0.2, 0.25) is 0 Å². The van der Waals surface area contributed by atoms with E-state index in [1.54, 1.807) is 0 Å². The molecule has 0 rings (SSSR count). The molecule has 0 saturated carbocycles. The molecule has 0 heterocycles. The molecule has 0 bridgehead atoms. The molecule has 0 aliphatic rings. The Hall–Kier alpha value is -0.220. The molecule has 0 unspecified atom stereocenters. The lowest BCUT2D eigenvalue weighted by Crippen LogP contribution is -2.31. The van der Waals surface area contributed by atoms with Crippen LogP contribution in [-0.4, -0.2) is 22.9 Å². The number of aliphatic carboxylic acids is 1. The fourth-order valence-electron chi connectivity index (χ4n) is 0.0781. The molecule has 0 aliphatic heterocycles. The summed E-state index contributed by atoms with van der Waals surface area (Å²) in [7, 11) is 0. The molecular formula is C3H7NO2S. The summed E-state index contributed by atoms with van der Waals surface area (Å²) >= 11 is 3.65. The van der Waals surface area contributed by atoms with Crippen LogP contribution in [-0.2, 0) is 4.79 Å². The summed E-state index contributed by atoms with van der Waals surface area (Å²) in [4.78, 5) is 9.76. The zero-order valence-corrected chi connectivity index (χ0v) is 4.56. The van der Waals surface area contributed by atoms with E-state index in [9.17, 15) is 4.79 Å². The van der Waals surface area contributed by atoms with Gasteiger partial charge < -0.3 is 10.8 Å². The van der Waals surface area contributed by atoms with Crippen LogP contribution < -0.4 is 5.73 Å². The maximum Gasteiger partial charge on any atom is 0.321 e. The third-order valence-electron chi connectivity index (χ3n) is 0.514. The van der Waals surface area contributed by atoms with Crippen molar-refractivity contribution in [2.75, 3.05) is 5.75 Å². The Balaban J connectivity index is 3.34. The van der Waals surface area contributed by atoms with Crippen LogP contribution in [0.2, 0.25) is 0 Å². The SMILES string of the molecule is N[C@@H]([13CH2]S)C(=O)O. The van der Waals surface area contributed by atoms with Gasteiger partial charge in [0.05, 0.1) is 0 Å². The number of hydrogen-bond donors (Lipinski definition) is 3. The average molecular weight is 122 g/mol. The number of carboxylic acids is 1. The van der Waals surface area contributed by atoms with Crippen LogP contribution >= 0.6 is 12.6 Å². The van der Waals surface area contributed by atoms with Gasteiger partial charge in [0.1, 0.15) is 6.04 Å². The van der Waals surface area contributed by atoms with E-state index in [0.29, 0.717) is 0 Å². The van der Waals surface area contributed by atoms with Crippen LogP contribution in [0.15, 0.2) is 0 Å². The van der Waals surface area contributed by atoms with Crippen molar-refractivity contribution in [3.8, 4) is 0 Å². The average Bonchev–Trinajstić information content (AvgIpc) is 1.65. The molecule has 0 fully saturated rings. The Bertz CT molecular complexity index is 75.3. The highest BCUT2D eigenvalue weighted by atomic mass is 32.1. The zero-order chi connectivity index (χ0) is 5.86. The van der Waals surface area contributed by atoms with Gasteiger partial charge in [-0.25, -0.2) is 0 Å². The van der Waals surface area contributed by atoms with E-state index in [0.717, 1.165) is 0 Å². The Morgan fingerprint density at radius 2 is 2.43 bits per heavy atom. The molecule has 3 nitrogen and oxygen atoms in total. The van der Waals surface area contributed by atoms with Crippen LogP contribution in [0.5, 0.6) is 0 Å². The molecule has 42 valence electrons. The third kappa shape index (κ3) is 2.47. The van der Waals surface area contributed by atoms with Crippen molar-refractivity contribution >= 4 is 18.6 Å². The lowest BCUT2D eigenvalue weighted by atomic mass is 10.5. The second kappa shape index (κ2) is 2.87. The second-order valence-corrected chi connectivity index (χ2v) is 1.49. The van der Waals surface area contributed by atoms with Gasteiger partial charge >= 0.3 is 5.97 Å². The standard InChI is InChI=1S/C3H7NO2S/c4-2(1-7)3(5)6/h2,7H,1,4H2,(H,5,6)/t2-/m0/s1/i1+1. The van der Waals surface area contributed by atoms with Gasteiger partial charge in [0, 0.05) is 5.75 Å². The molecule has 0 spiro atoms. The fourth-order valence-corrected chi connectivity index (χ4v) is 0.234. The summed E-state index contributed by atoms with van der Waals surface area (Å²) in [5, 5.41) is 8.01. The van der Waals surface area contributed by atoms with Crippen molar-refractivity contribution in [1.29, 1.82) is 0 Å². The fraction of sp³-hybridized carbons (Fsp3) is 0.667. The van der Waals surface area contributed by atoms with Gasteiger partial charge in [-0.05, 0) is 0 Å². The first-order chi connectivity index (χ1) is 3.18. The van der Waals surface area contributed by atoms with Gasteiger partial charge in [-0.3, -0.25) is 4.79 Å². The molecule has 4 heteroatoms. The maximum atomic E-state index is 9.76. The van der Waals surface area contributed by atoms with Crippen molar-refractivity contribution in [2.24, 2.45) is 5.73 Å². The number of carboxylic acid groups (broad SMARTS) is 1. The largest absolute Gasteiger partial charge is 0.480 e. The van der Waals surface area contributed by atoms with Gasteiger partial charge in [-0.15, -0.1) is 0 Å². The first-order valence-corrected chi connectivity index (χ1v) is 2.41. The molecule has 0 aliphatic carbocycles. The zero-order valence-electron chi connectivity index (χ0n) is 3.66. The third-order valence-corrected chi connectivity index (χ3v) is 0.907. The lowest BCUT2D eigenvalue weighted by Gasteiger charge is -1.96. The molecule has 3 N–H and O–H groups in total. The Morgan fingerprint density at radius 1 is 2.00 bits per heavy atom. The van der Waals surface area contributed by atoms with E-state index in [1.807, 2.05) is 0 Å². The van der Waals surface area contributed by atoms with E-state index in [-0.39, 0.29) is 5.75 Å². The molecule has 0 amide bonds. The lowest BCUT2D eigenvalue weighted by molar-refractivity contribution is -0.137. The number of rotatable bonds is 2. The summed E-state index contributed by atoms with van der Waals surface area (Å²) in [6.07, 6.45) is 0. The highest BCUT2D eigenvalue weighted by molar-refractivity contribution is 7.80. The van der Waals surface area contributed by atoms with E-state index >= 15 is 0 Å². The minimum atomic E-state index is -1.00. The summed E-state index contributed by atoms with van der Waals surface area (Å²) in [5.41, 5.74) is 4.94. The van der Waals surface area contributed by atoms with Crippen LogP contribution in [0.1, 0.15) is 0 Å². The first kappa shape index (κ1) is 6.78. The highest BCUT2D eigenvalue weighted by Gasteiger charge is 2.06. The molecule has 7 heavy (non-hydrogen) atoms. The number of nitrogens with two attached hydrogens (primary N) is 1. The Labute approximate surface area is 46.9 Å². The Kier molecular flexibility index (Phi) is 2.78. The number of thiol groups is 1. The van der Waals surface area contributed by atoms with Crippen LogP contribution in [0, 0.1) is 0 Å². The topological polar surface area (TPSA) is 63.3 Å². The first-order valence-electron chi connectivity index (χ1n) is 1.77.